The minimum Gasteiger partial charge on any atom is -0.491 e. The van der Waals surface area contributed by atoms with Gasteiger partial charge in [0, 0.05) is 38.8 Å². The van der Waals surface area contributed by atoms with Gasteiger partial charge in [-0.2, -0.15) is 0 Å². The Hall–Kier alpha value is -3.88. The average molecular weight is 519 g/mol. The molecule has 0 spiro atoms. The monoisotopic (exact) mass is 518 g/mol. The number of para-hydroxylation sites is 1. The Balaban J connectivity index is 1.15. The highest BCUT2D eigenvalue weighted by atomic mass is 19.1. The molecule has 0 saturated carbocycles. The van der Waals surface area contributed by atoms with Crippen LogP contribution in [0.4, 0.5) is 10.1 Å². The largest absolute Gasteiger partial charge is 0.491 e. The number of piperazine rings is 1. The number of benzene rings is 3. The zero-order valence-corrected chi connectivity index (χ0v) is 21.5. The summed E-state index contributed by atoms with van der Waals surface area (Å²) in [6, 6.07) is 17.5. The van der Waals surface area contributed by atoms with Crippen LogP contribution in [0.3, 0.4) is 0 Å². The zero-order valence-electron chi connectivity index (χ0n) is 21.5. The van der Waals surface area contributed by atoms with E-state index in [0.29, 0.717) is 47.8 Å². The predicted molar refractivity (Wildman–Crippen MR) is 145 cm³/mol. The third-order valence-electron chi connectivity index (χ3n) is 6.61. The minimum absolute atomic E-state index is 0.0944. The van der Waals surface area contributed by atoms with Crippen molar-refractivity contribution >= 4 is 16.7 Å². The van der Waals surface area contributed by atoms with Crippen LogP contribution in [0.2, 0.25) is 0 Å². The number of aliphatic hydroxyl groups excluding tert-OH is 1. The van der Waals surface area contributed by atoms with Crippen molar-refractivity contribution in [1.82, 2.24) is 4.90 Å². The van der Waals surface area contributed by atoms with Gasteiger partial charge in [-0.25, -0.2) is 4.39 Å². The molecule has 5 rings (SSSR count). The Morgan fingerprint density at radius 2 is 1.71 bits per heavy atom. The highest BCUT2D eigenvalue weighted by Gasteiger charge is 2.21. The second-order valence-electron chi connectivity index (χ2n) is 9.72. The van der Waals surface area contributed by atoms with Crippen LogP contribution in [0.15, 0.2) is 76.1 Å². The number of aryl methyl sites for hydroxylation is 2. The van der Waals surface area contributed by atoms with Crippen molar-refractivity contribution in [2.45, 2.75) is 20.0 Å². The fraction of sp³-hybridized carbons (Fsp3) is 0.300. The highest BCUT2D eigenvalue weighted by molar-refractivity contribution is 5.79. The number of ether oxygens (including phenoxy) is 2. The molecule has 1 aromatic heterocycles. The average Bonchev–Trinajstić information content (AvgIpc) is 2.89. The number of hydrogen-bond acceptors (Lipinski definition) is 7. The number of hydrogen-bond donors (Lipinski definition) is 1. The van der Waals surface area contributed by atoms with E-state index in [-0.39, 0.29) is 23.6 Å². The number of halogens is 1. The van der Waals surface area contributed by atoms with Crippen molar-refractivity contribution in [1.29, 1.82) is 0 Å². The number of rotatable bonds is 8. The number of β-amino-alcohol motifs (C(OH)–C–C–N with tert-alkyl or cyclic N) is 1. The first kappa shape index (κ1) is 25.8. The summed E-state index contributed by atoms with van der Waals surface area (Å²) < 4.78 is 31.3. The van der Waals surface area contributed by atoms with Crippen LogP contribution in [-0.2, 0) is 0 Å². The fourth-order valence-electron chi connectivity index (χ4n) is 4.79. The summed E-state index contributed by atoms with van der Waals surface area (Å²) in [6.07, 6.45) is 0.605. The van der Waals surface area contributed by atoms with Gasteiger partial charge in [0.1, 0.15) is 41.9 Å². The maximum atomic E-state index is 14.1. The summed E-state index contributed by atoms with van der Waals surface area (Å²) in [4.78, 5) is 17.1. The van der Waals surface area contributed by atoms with Gasteiger partial charge in [0.25, 0.3) is 0 Å². The van der Waals surface area contributed by atoms with E-state index in [1.807, 2.05) is 43.0 Å². The number of anilines is 1. The summed E-state index contributed by atoms with van der Waals surface area (Å²) in [5.74, 6) is 0.969. The van der Waals surface area contributed by atoms with Gasteiger partial charge in [-0.1, -0.05) is 18.2 Å². The third-order valence-corrected chi connectivity index (χ3v) is 6.61. The predicted octanol–water partition coefficient (Wildman–Crippen LogP) is 4.90. The van der Waals surface area contributed by atoms with Gasteiger partial charge in [-0.3, -0.25) is 9.69 Å². The van der Waals surface area contributed by atoms with Crippen LogP contribution in [0.1, 0.15) is 11.1 Å². The van der Waals surface area contributed by atoms with Crippen LogP contribution in [0.5, 0.6) is 17.2 Å². The Bertz CT molecular complexity index is 1460. The van der Waals surface area contributed by atoms with Gasteiger partial charge in [-0.05, 0) is 61.4 Å². The van der Waals surface area contributed by atoms with Gasteiger partial charge in [0.15, 0.2) is 0 Å². The Kier molecular flexibility index (Phi) is 7.62. The van der Waals surface area contributed by atoms with E-state index < -0.39 is 6.10 Å². The molecular weight excluding hydrogens is 487 g/mol. The van der Waals surface area contributed by atoms with Gasteiger partial charge < -0.3 is 23.9 Å². The zero-order chi connectivity index (χ0) is 26.6. The van der Waals surface area contributed by atoms with Crippen molar-refractivity contribution in [3.05, 3.63) is 94.1 Å². The molecule has 1 atom stereocenters. The van der Waals surface area contributed by atoms with Crippen molar-refractivity contribution in [3.63, 3.8) is 0 Å². The van der Waals surface area contributed by atoms with Crippen molar-refractivity contribution in [2.75, 3.05) is 44.2 Å². The summed E-state index contributed by atoms with van der Waals surface area (Å²) in [6.45, 7) is 7.30. The SMILES string of the molecule is Cc1cc(C)cc(Oc2coc3cc(OCC(O)CN4CCN(c5ccccc5F)CC4)ccc3c2=O)c1. The van der Waals surface area contributed by atoms with Crippen LogP contribution >= 0.6 is 0 Å². The van der Waals surface area contributed by atoms with Crippen molar-refractivity contribution in [3.8, 4) is 17.2 Å². The lowest BCUT2D eigenvalue weighted by Gasteiger charge is -2.36. The first-order valence-corrected chi connectivity index (χ1v) is 12.7. The Morgan fingerprint density at radius 3 is 2.45 bits per heavy atom. The van der Waals surface area contributed by atoms with Crippen molar-refractivity contribution in [2.24, 2.45) is 0 Å². The molecule has 8 heteroatoms. The molecule has 0 radical (unpaired) electrons. The van der Waals surface area contributed by atoms with E-state index in [4.69, 9.17) is 13.9 Å². The lowest BCUT2D eigenvalue weighted by atomic mass is 10.1. The summed E-state index contributed by atoms with van der Waals surface area (Å²) in [7, 11) is 0. The second-order valence-corrected chi connectivity index (χ2v) is 9.72. The lowest BCUT2D eigenvalue weighted by Crippen LogP contribution is -2.49. The smallest absolute Gasteiger partial charge is 0.235 e. The molecule has 0 aliphatic carbocycles. The summed E-state index contributed by atoms with van der Waals surface area (Å²) in [5, 5.41) is 10.9. The molecule has 1 fully saturated rings. The van der Waals surface area contributed by atoms with Crippen LogP contribution in [0.25, 0.3) is 11.0 Å². The number of fused-ring (bicyclic) bond motifs is 1. The molecule has 1 N–H and O–H groups in total. The topological polar surface area (TPSA) is 75.4 Å². The van der Waals surface area contributed by atoms with E-state index in [1.54, 1.807) is 30.3 Å². The van der Waals surface area contributed by atoms with Crippen LogP contribution in [0, 0.1) is 19.7 Å². The molecule has 1 aliphatic heterocycles. The number of nitrogens with zero attached hydrogens (tertiary/aromatic N) is 2. The Morgan fingerprint density at radius 1 is 0.974 bits per heavy atom. The van der Waals surface area contributed by atoms with Gasteiger partial charge in [-0.15, -0.1) is 0 Å². The lowest BCUT2D eigenvalue weighted by molar-refractivity contribution is 0.0663. The molecule has 3 aromatic carbocycles. The molecule has 2 heterocycles. The van der Waals surface area contributed by atoms with Crippen LogP contribution < -0.4 is 19.8 Å². The molecule has 38 heavy (non-hydrogen) atoms. The van der Waals surface area contributed by atoms with Gasteiger partial charge in [0.05, 0.1) is 11.1 Å². The maximum Gasteiger partial charge on any atom is 0.235 e. The third kappa shape index (κ3) is 5.98. The molecule has 198 valence electrons. The molecule has 1 unspecified atom stereocenters. The molecule has 0 amide bonds. The summed E-state index contributed by atoms with van der Waals surface area (Å²) >= 11 is 0. The second kappa shape index (κ2) is 11.2. The molecular formula is C30H31FN2O5. The molecule has 4 aromatic rings. The molecule has 1 aliphatic rings. The van der Waals surface area contributed by atoms with E-state index in [9.17, 15) is 14.3 Å². The molecule has 0 bridgehead atoms. The Labute approximate surface area is 220 Å². The minimum atomic E-state index is -0.703. The van der Waals surface area contributed by atoms with Gasteiger partial charge >= 0.3 is 0 Å². The number of aliphatic hydroxyl groups is 1. The van der Waals surface area contributed by atoms with Crippen LogP contribution in [-0.4, -0.2) is 55.4 Å². The first-order chi connectivity index (χ1) is 18.4. The first-order valence-electron chi connectivity index (χ1n) is 12.7. The summed E-state index contributed by atoms with van der Waals surface area (Å²) in [5.41, 5.74) is 2.80. The van der Waals surface area contributed by atoms with E-state index in [1.165, 1.54) is 12.3 Å². The standard InChI is InChI=1S/C30H31FN2O5/c1-20-13-21(2)15-24(14-20)38-29-19-37-28-16-23(7-8-25(28)30(29)35)36-18-22(34)17-32-9-11-33(12-10-32)27-6-4-3-5-26(27)31/h3-8,13-16,19,22,34H,9-12,17-18H2,1-2H3. The highest BCUT2D eigenvalue weighted by Crippen LogP contribution is 2.26. The normalized spacial score (nSPS) is 15.0. The van der Waals surface area contributed by atoms with Crippen molar-refractivity contribution < 1.29 is 23.4 Å². The fourth-order valence-corrected chi connectivity index (χ4v) is 4.79. The van der Waals surface area contributed by atoms with E-state index >= 15 is 0 Å². The molecule has 7 nitrogen and oxygen atoms in total. The van der Waals surface area contributed by atoms with E-state index in [2.05, 4.69) is 4.90 Å². The molecule has 1 saturated heterocycles. The van der Waals surface area contributed by atoms with E-state index in [0.717, 1.165) is 24.2 Å². The van der Waals surface area contributed by atoms with Gasteiger partial charge in [0.2, 0.25) is 11.2 Å². The maximum absolute atomic E-state index is 14.1. The quantitative estimate of drug-likeness (QED) is 0.356.